The molecule has 2 amide bonds. The van der Waals surface area contributed by atoms with E-state index in [1.807, 2.05) is 7.05 Å². The molecule has 0 fully saturated rings. The van der Waals surface area contributed by atoms with Gasteiger partial charge in [0.25, 0.3) is 5.91 Å². The Morgan fingerprint density at radius 3 is 2.67 bits per heavy atom. The number of hydrogen-bond acceptors (Lipinski definition) is 3. The Labute approximate surface area is 107 Å². The fourth-order valence-electron chi connectivity index (χ4n) is 1.39. The van der Waals surface area contributed by atoms with Crippen molar-refractivity contribution in [2.24, 2.45) is 0 Å². The van der Waals surface area contributed by atoms with Gasteiger partial charge in [0.05, 0.1) is 0 Å². The third-order valence-corrected chi connectivity index (χ3v) is 2.39. The van der Waals surface area contributed by atoms with Gasteiger partial charge >= 0.3 is 0 Å². The minimum Gasteiger partial charge on any atom is -0.351 e. The van der Waals surface area contributed by atoms with Crippen LogP contribution in [-0.2, 0) is 4.79 Å². The summed E-state index contributed by atoms with van der Waals surface area (Å²) in [5, 5.41) is 8.45. The first-order valence-electron chi connectivity index (χ1n) is 6.00. The lowest BCUT2D eigenvalue weighted by molar-refractivity contribution is -0.115. The average Bonchev–Trinajstić information content (AvgIpc) is 2.39. The zero-order valence-electron chi connectivity index (χ0n) is 10.7. The number of amides is 2. The van der Waals surface area contributed by atoms with Gasteiger partial charge in [0.1, 0.15) is 0 Å². The number of likely N-dealkylation sites (N-methyl/N-ethyl adjacent to an activating group) is 1. The minimum absolute atomic E-state index is 0.0669. The Kier molecular flexibility index (Phi) is 5.87. The molecule has 1 aromatic rings. The fourth-order valence-corrected chi connectivity index (χ4v) is 1.39. The predicted molar refractivity (Wildman–Crippen MR) is 71.6 cm³/mol. The van der Waals surface area contributed by atoms with Crippen molar-refractivity contribution in [3.63, 3.8) is 0 Å². The average molecular weight is 249 g/mol. The Bertz CT molecular complexity index is 418. The highest BCUT2D eigenvalue weighted by Gasteiger charge is 2.06. The number of benzene rings is 1. The zero-order valence-corrected chi connectivity index (χ0v) is 10.7. The Hall–Kier alpha value is -1.88. The summed E-state index contributed by atoms with van der Waals surface area (Å²) in [6, 6.07) is 6.90. The van der Waals surface area contributed by atoms with Gasteiger partial charge in [-0.25, -0.2) is 0 Å². The highest BCUT2D eigenvalue weighted by atomic mass is 16.2. The Morgan fingerprint density at radius 2 is 2.00 bits per heavy atom. The van der Waals surface area contributed by atoms with Crippen molar-refractivity contribution < 1.29 is 9.59 Å². The fraction of sp³-hybridized carbons (Fsp3) is 0.385. The number of carbonyl (C=O) groups is 2. The van der Waals surface area contributed by atoms with Crippen LogP contribution in [0.4, 0.5) is 5.69 Å². The largest absolute Gasteiger partial charge is 0.351 e. The molecule has 0 aliphatic carbocycles. The topological polar surface area (TPSA) is 70.2 Å². The second-order valence-electron chi connectivity index (χ2n) is 3.84. The van der Waals surface area contributed by atoms with Gasteiger partial charge in [-0.05, 0) is 25.2 Å². The van der Waals surface area contributed by atoms with Crippen LogP contribution in [0.5, 0.6) is 0 Å². The first-order chi connectivity index (χ1) is 8.67. The lowest BCUT2D eigenvalue weighted by Crippen LogP contribution is -2.30. The summed E-state index contributed by atoms with van der Waals surface area (Å²) in [6.45, 7) is 3.07. The van der Waals surface area contributed by atoms with E-state index in [2.05, 4.69) is 16.0 Å². The molecule has 0 saturated carbocycles. The van der Waals surface area contributed by atoms with E-state index in [0.29, 0.717) is 24.2 Å². The second kappa shape index (κ2) is 7.45. The maximum atomic E-state index is 11.8. The molecule has 5 nitrogen and oxygen atoms in total. The predicted octanol–water partition coefficient (Wildman–Crippen LogP) is 0.984. The van der Waals surface area contributed by atoms with Crippen molar-refractivity contribution in [1.29, 1.82) is 0 Å². The quantitative estimate of drug-likeness (QED) is 0.658. The molecule has 1 aromatic carbocycles. The zero-order chi connectivity index (χ0) is 13.4. The summed E-state index contributed by atoms with van der Waals surface area (Å²) in [4.78, 5) is 23.0. The molecule has 0 saturated heterocycles. The first kappa shape index (κ1) is 14.2. The van der Waals surface area contributed by atoms with Gasteiger partial charge in [0.2, 0.25) is 5.91 Å². The monoisotopic (exact) mass is 249 g/mol. The third-order valence-electron chi connectivity index (χ3n) is 2.39. The third kappa shape index (κ3) is 4.55. The van der Waals surface area contributed by atoms with E-state index in [9.17, 15) is 9.59 Å². The lowest BCUT2D eigenvalue weighted by atomic mass is 10.2. The van der Waals surface area contributed by atoms with Gasteiger partial charge in [0.15, 0.2) is 0 Å². The summed E-state index contributed by atoms with van der Waals surface area (Å²) < 4.78 is 0. The van der Waals surface area contributed by atoms with E-state index in [0.717, 1.165) is 6.54 Å². The van der Waals surface area contributed by atoms with Crippen LogP contribution < -0.4 is 16.0 Å². The van der Waals surface area contributed by atoms with Gasteiger partial charge in [-0.3, -0.25) is 9.59 Å². The standard InChI is InChI=1S/C13H19N3O2/c1-3-12(17)16-11-6-4-5-10(9-11)13(18)15-8-7-14-2/h4-6,9,14H,3,7-8H2,1-2H3,(H,15,18)(H,16,17). The molecule has 0 aliphatic heterocycles. The number of anilines is 1. The van der Waals surface area contributed by atoms with Crippen LogP contribution in [-0.4, -0.2) is 32.0 Å². The highest BCUT2D eigenvalue weighted by molar-refractivity contribution is 5.97. The molecule has 18 heavy (non-hydrogen) atoms. The summed E-state index contributed by atoms with van der Waals surface area (Å²) in [7, 11) is 1.83. The van der Waals surface area contributed by atoms with E-state index in [1.54, 1.807) is 31.2 Å². The molecule has 0 aromatic heterocycles. The maximum absolute atomic E-state index is 11.8. The van der Waals surface area contributed by atoms with Gasteiger partial charge < -0.3 is 16.0 Å². The second-order valence-corrected chi connectivity index (χ2v) is 3.84. The van der Waals surface area contributed by atoms with E-state index in [4.69, 9.17) is 0 Å². The van der Waals surface area contributed by atoms with E-state index in [-0.39, 0.29) is 11.8 Å². The first-order valence-corrected chi connectivity index (χ1v) is 6.00. The summed E-state index contributed by atoms with van der Waals surface area (Å²) in [5.74, 6) is -0.208. The van der Waals surface area contributed by atoms with Crippen LogP contribution in [0.3, 0.4) is 0 Å². The number of carbonyl (C=O) groups excluding carboxylic acids is 2. The molecule has 98 valence electrons. The van der Waals surface area contributed by atoms with Gasteiger partial charge in [0, 0.05) is 30.8 Å². The van der Waals surface area contributed by atoms with Crippen LogP contribution in [0.15, 0.2) is 24.3 Å². The molecular weight excluding hydrogens is 230 g/mol. The van der Waals surface area contributed by atoms with Crippen molar-refractivity contribution in [3.8, 4) is 0 Å². The van der Waals surface area contributed by atoms with Gasteiger partial charge in [-0.1, -0.05) is 13.0 Å². The molecule has 0 radical (unpaired) electrons. The van der Waals surface area contributed by atoms with Crippen molar-refractivity contribution in [2.45, 2.75) is 13.3 Å². The van der Waals surface area contributed by atoms with Crippen molar-refractivity contribution in [2.75, 3.05) is 25.5 Å². The molecule has 0 heterocycles. The Morgan fingerprint density at radius 1 is 1.22 bits per heavy atom. The minimum atomic E-state index is -0.141. The van der Waals surface area contributed by atoms with Crippen molar-refractivity contribution in [1.82, 2.24) is 10.6 Å². The summed E-state index contributed by atoms with van der Waals surface area (Å²) in [5.41, 5.74) is 1.18. The number of nitrogens with one attached hydrogen (secondary N) is 3. The van der Waals surface area contributed by atoms with Gasteiger partial charge in [-0.2, -0.15) is 0 Å². The molecule has 5 heteroatoms. The summed E-state index contributed by atoms with van der Waals surface area (Å²) in [6.07, 6.45) is 0.415. The van der Waals surface area contributed by atoms with Crippen LogP contribution in [0.2, 0.25) is 0 Å². The van der Waals surface area contributed by atoms with E-state index in [1.165, 1.54) is 0 Å². The van der Waals surface area contributed by atoms with E-state index < -0.39 is 0 Å². The smallest absolute Gasteiger partial charge is 0.251 e. The summed E-state index contributed by atoms with van der Waals surface area (Å²) >= 11 is 0. The molecule has 0 bridgehead atoms. The van der Waals surface area contributed by atoms with Crippen LogP contribution in [0.25, 0.3) is 0 Å². The molecular formula is C13H19N3O2. The molecule has 0 aliphatic rings. The van der Waals surface area contributed by atoms with Crippen molar-refractivity contribution >= 4 is 17.5 Å². The molecule has 0 atom stereocenters. The van der Waals surface area contributed by atoms with Crippen molar-refractivity contribution in [3.05, 3.63) is 29.8 Å². The number of hydrogen-bond donors (Lipinski definition) is 3. The van der Waals surface area contributed by atoms with Gasteiger partial charge in [-0.15, -0.1) is 0 Å². The molecule has 0 spiro atoms. The lowest BCUT2D eigenvalue weighted by Gasteiger charge is -2.07. The van der Waals surface area contributed by atoms with Crippen LogP contribution in [0.1, 0.15) is 23.7 Å². The molecule has 0 unspecified atom stereocenters. The maximum Gasteiger partial charge on any atom is 0.251 e. The van der Waals surface area contributed by atoms with Crippen LogP contribution in [0, 0.1) is 0 Å². The Balaban J connectivity index is 2.63. The molecule has 3 N–H and O–H groups in total. The normalized spacial score (nSPS) is 9.89. The molecule has 1 rings (SSSR count). The SMILES string of the molecule is CCC(=O)Nc1cccc(C(=O)NCCNC)c1. The number of rotatable bonds is 6. The van der Waals surface area contributed by atoms with E-state index >= 15 is 0 Å². The van der Waals surface area contributed by atoms with Crippen LogP contribution >= 0.6 is 0 Å². The highest BCUT2D eigenvalue weighted by Crippen LogP contribution is 2.10.